The Bertz CT molecular complexity index is 1410. The molecule has 2 heterocycles. The van der Waals surface area contributed by atoms with Crippen LogP contribution in [0.1, 0.15) is 24.1 Å². The number of hydrogen-bond acceptors (Lipinski definition) is 3. The van der Waals surface area contributed by atoms with E-state index in [9.17, 15) is 14.1 Å². The first kappa shape index (κ1) is 24.7. The lowest BCUT2D eigenvalue weighted by molar-refractivity contribution is -0.143. The molecule has 1 unspecified atom stereocenters. The molecule has 0 spiro atoms. The van der Waals surface area contributed by atoms with Crippen LogP contribution in [0.3, 0.4) is 0 Å². The Labute approximate surface area is 217 Å². The van der Waals surface area contributed by atoms with Crippen molar-refractivity contribution in [3.8, 4) is 22.3 Å². The minimum absolute atomic E-state index is 0.129. The molecule has 6 nitrogen and oxygen atoms in total. The summed E-state index contributed by atoms with van der Waals surface area (Å²) in [7, 11) is 0. The number of likely N-dealkylation sites (tertiary alicyclic amines) is 1. The maximum absolute atomic E-state index is 11.2. The highest BCUT2D eigenvalue weighted by atomic mass is 35.5. The van der Waals surface area contributed by atoms with Gasteiger partial charge in [0.25, 0.3) is 0 Å². The highest BCUT2D eigenvalue weighted by molar-refractivity contribution is 7.78. The van der Waals surface area contributed by atoms with E-state index in [1.165, 1.54) is 0 Å². The highest BCUT2D eigenvalue weighted by Crippen LogP contribution is 2.34. The van der Waals surface area contributed by atoms with Gasteiger partial charge in [0.05, 0.1) is 16.7 Å². The van der Waals surface area contributed by atoms with Crippen LogP contribution in [0.15, 0.2) is 66.7 Å². The van der Waals surface area contributed by atoms with Crippen molar-refractivity contribution in [2.45, 2.75) is 25.1 Å². The zero-order valence-corrected chi connectivity index (χ0v) is 21.2. The molecule has 5 rings (SSSR count). The van der Waals surface area contributed by atoms with E-state index < -0.39 is 17.0 Å². The lowest BCUT2D eigenvalue weighted by Gasteiger charge is -2.29. The Morgan fingerprint density at radius 2 is 1.58 bits per heavy atom. The number of benzene rings is 3. The first-order valence-corrected chi connectivity index (χ1v) is 13.5. The van der Waals surface area contributed by atoms with Gasteiger partial charge in [-0.3, -0.25) is 9.69 Å². The molecule has 1 saturated heterocycles. The molecule has 1 aliphatic heterocycles. The molecule has 1 aromatic heterocycles. The summed E-state index contributed by atoms with van der Waals surface area (Å²) >= 11 is 4.82. The Kier molecular flexibility index (Phi) is 7.25. The number of H-pyrrole nitrogens is 1. The number of aliphatic carboxylic acids is 1. The number of rotatable bonds is 7. The quantitative estimate of drug-likeness (QED) is 0.252. The predicted octanol–water partition coefficient (Wildman–Crippen LogP) is 6.17. The van der Waals surface area contributed by atoms with Crippen molar-refractivity contribution in [2.75, 3.05) is 13.1 Å². The van der Waals surface area contributed by atoms with Gasteiger partial charge in [-0.15, -0.1) is 0 Å². The van der Waals surface area contributed by atoms with Gasteiger partial charge in [-0.2, -0.15) is 0 Å². The van der Waals surface area contributed by atoms with Crippen LogP contribution in [0, 0.1) is 5.92 Å². The second-order valence-electron chi connectivity index (χ2n) is 9.34. The van der Waals surface area contributed by atoms with E-state index in [1.54, 1.807) is 0 Å². The Balaban J connectivity index is 1.31. The van der Waals surface area contributed by atoms with Crippen molar-refractivity contribution in [3.05, 3.63) is 83.0 Å². The van der Waals surface area contributed by atoms with Gasteiger partial charge >= 0.3 is 5.97 Å². The summed E-state index contributed by atoms with van der Waals surface area (Å²) in [5.74, 6) is -0.788. The topological polar surface area (TPSA) is 93.6 Å². The zero-order valence-electron chi connectivity index (χ0n) is 19.6. The fraction of sp³-hybridized carbons (Fsp3) is 0.250. The van der Waals surface area contributed by atoms with E-state index in [0.717, 1.165) is 64.0 Å². The Morgan fingerprint density at radius 1 is 0.972 bits per heavy atom. The smallest absolute Gasteiger partial charge is 0.306 e. The number of carbonyl (C=O) groups is 1. The van der Waals surface area contributed by atoms with Crippen LogP contribution >= 0.6 is 11.6 Å². The standard InChI is InChI=1S/C28H27ClN2O4S/c29-26-15-27-23(13-24(30-27)16-31-11-9-22(10-12-31)28(32)33)14-25(26)21-7-5-20(6-8-21)19-3-1-18(2-4-19)17-36(34)35/h1-8,13-15,22,30H,9-12,16-17H2,(H,32,33)(H,34,35). The molecule has 8 heteroatoms. The Hall–Kier alpha value is -2.97. The number of hydrogen-bond donors (Lipinski definition) is 3. The fourth-order valence-corrected chi connectivity index (χ4v) is 5.63. The van der Waals surface area contributed by atoms with Crippen molar-refractivity contribution in [3.63, 3.8) is 0 Å². The first-order valence-electron chi connectivity index (χ1n) is 11.9. The number of aromatic amines is 1. The lowest BCUT2D eigenvalue weighted by Crippen LogP contribution is -2.35. The van der Waals surface area contributed by atoms with Crippen molar-refractivity contribution >= 4 is 39.6 Å². The number of piperidine rings is 1. The third kappa shape index (κ3) is 5.55. The van der Waals surface area contributed by atoms with Gasteiger partial charge in [0.15, 0.2) is 11.1 Å². The van der Waals surface area contributed by atoms with Crippen LogP contribution in [0.4, 0.5) is 0 Å². The minimum atomic E-state index is -1.84. The largest absolute Gasteiger partial charge is 0.481 e. The summed E-state index contributed by atoms with van der Waals surface area (Å²) < 4.78 is 20.1. The number of nitrogens with zero attached hydrogens (tertiary/aromatic N) is 1. The second-order valence-corrected chi connectivity index (χ2v) is 10.7. The van der Waals surface area contributed by atoms with Crippen LogP contribution in [0.5, 0.6) is 0 Å². The molecule has 1 aliphatic rings. The van der Waals surface area contributed by atoms with Gasteiger partial charge in [-0.1, -0.05) is 60.1 Å². The second kappa shape index (κ2) is 10.6. The molecule has 36 heavy (non-hydrogen) atoms. The molecule has 1 fully saturated rings. The monoisotopic (exact) mass is 522 g/mol. The van der Waals surface area contributed by atoms with E-state index in [0.29, 0.717) is 17.9 Å². The van der Waals surface area contributed by atoms with E-state index in [1.807, 2.05) is 30.3 Å². The third-order valence-electron chi connectivity index (χ3n) is 6.87. The Morgan fingerprint density at radius 3 is 2.19 bits per heavy atom. The average Bonchev–Trinajstić information content (AvgIpc) is 3.25. The molecule has 186 valence electrons. The molecular weight excluding hydrogens is 496 g/mol. The van der Waals surface area contributed by atoms with E-state index in [-0.39, 0.29) is 11.7 Å². The molecule has 3 aromatic carbocycles. The average molecular weight is 523 g/mol. The lowest BCUT2D eigenvalue weighted by atomic mass is 9.97. The van der Waals surface area contributed by atoms with Gasteiger partial charge in [-0.05, 0) is 66.4 Å². The number of aromatic nitrogens is 1. The summed E-state index contributed by atoms with van der Waals surface area (Å²) in [6.45, 7) is 2.33. The SMILES string of the molecule is O=C(O)C1CCN(Cc2cc3cc(-c4ccc(-c5ccc(CS(=O)O)cc5)cc4)c(Cl)cc3[nH]2)CC1. The molecule has 4 aromatic rings. The van der Waals surface area contributed by atoms with E-state index >= 15 is 0 Å². The maximum Gasteiger partial charge on any atom is 0.306 e. The van der Waals surface area contributed by atoms with Gasteiger partial charge in [0, 0.05) is 28.7 Å². The van der Waals surface area contributed by atoms with Crippen LogP contribution in [0.2, 0.25) is 5.02 Å². The summed E-state index contributed by atoms with van der Waals surface area (Å²) in [4.78, 5) is 17.0. The van der Waals surface area contributed by atoms with Crippen molar-refractivity contribution in [1.29, 1.82) is 0 Å². The minimum Gasteiger partial charge on any atom is -0.481 e. The first-order chi connectivity index (χ1) is 17.4. The molecule has 1 atom stereocenters. The maximum atomic E-state index is 11.2. The summed E-state index contributed by atoms with van der Waals surface area (Å²) in [5.41, 5.74) is 6.99. The molecular formula is C28H27ClN2O4S. The summed E-state index contributed by atoms with van der Waals surface area (Å²) in [5, 5.41) is 11.0. The number of halogens is 1. The summed E-state index contributed by atoms with van der Waals surface area (Å²) in [6, 6.07) is 22.1. The number of carboxylic acid groups (broad SMARTS) is 1. The number of fused-ring (bicyclic) bond motifs is 1. The van der Waals surface area contributed by atoms with Gasteiger partial charge in [0.1, 0.15) is 0 Å². The molecule has 3 N–H and O–H groups in total. The zero-order chi connectivity index (χ0) is 25.2. The van der Waals surface area contributed by atoms with Crippen molar-refractivity contribution in [2.24, 2.45) is 5.92 Å². The van der Waals surface area contributed by atoms with Gasteiger partial charge < -0.3 is 14.6 Å². The van der Waals surface area contributed by atoms with Crippen LogP contribution in [0.25, 0.3) is 33.2 Å². The highest BCUT2D eigenvalue weighted by Gasteiger charge is 2.24. The predicted molar refractivity (Wildman–Crippen MR) is 144 cm³/mol. The van der Waals surface area contributed by atoms with Gasteiger partial charge in [0.2, 0.25) is 0 Å². The van der Waals surface area contributed by atoms with E-state index in [4.69, 9.17) is 16.2 Å². The van der Waals surface area contributed by atoms with Crippen molar-refractivity contribution < 1.29 is 18.7 Å². The number of carboxylic acids is 1. The molecule has 0 amide bonds. The van der Waals surface area contributed by atoms with Crippen molar-refractivity contribution in [1.82, 2.24) is 9.88 Å². The number of nitrogens with one attached hydrogen (secondary N) is 1. The van der Waals surface area contributed by atoms with Gasteiger partial charge in [-0.25, -0.2) is 4.21 Å². The normalized spacial score (nSPS) is 15.8. The van der Waals surface area contributed by atoms with Crippen LogP contribution in [-0.4, -0.2) is 42.8 Å². The van der Waals surface area contributed by atoms with E-state index in [2.05, 4.69) is 46.3 Å². The summed E-state index contributed by atoms with van der Waals surface area (Å²) in [6.07, 6.45) is 1.38. The third-order valence-corrected chi connectivity index (χ3v) is 7.76. The fourth-order valence-electron chi connectivity index (χ4n) is 4.88. The molecule has 0 bridgehead atoms. The van der Waals surface area contributed by atoms with Crippen LogP contribution in [-0.2, 0) is 28.2 Å². The molecule has 0 saturated carbocycles. The van der Waals surface area contributed by atoms with Crippen LogP contribution < -0.4 is 0 Å². The molecule has 0 aliphatic carbocycles. The molecule has 0 radical (unpaired) electrons.